The van der Waals surface area contributed by atoms with Gasteiger partial charge in [0.25, 0.3) is 5.91 Å². The zero-order valence-corrected chi connectivity index (χ0v) is 19.7. The average molecular weight is 478 g/mol. The van der Waals surface area contributed by atoms with Crippen LogP contribution in [0.2, 0.25) is 0 Å². The summed E-state index contributed by atoms with van der Waals surface area (Å²) < 4.78 is 10.8. The molecule has 1 saturated heterocycles. The summed E-state index contributed by atoms with van der Waals surface area (Å²) in [7, 11) is 2.86. The molecular formula is C26H27N3O6. The predicted octanol–water partition coefficient (Wildman–Crippen LogP) is 3.23. The van der Waals surface area contributed by atoms with Crippen LogP contribution in [0.15, 0.2) is 54.6 Å². The van der Waals surface area contributed by atoms with Gasteiger partial charge in [-0.1, -0.05) is 30.4 Å². The van der Waals surface area contributed by atoms with E-state index >= 15 is 0 Å². The van der Waals surface area contributed by atoms with Crippen LogP contribution >= 0.6 is 0 Å². The Hall–Kier alpha value is -4.14. The molecule has 9 heteroatoms. The van der Waals surface area contributed by atoms with Crippen molar-refractivity contribution in [3.05, 3.63) is 60.2 Å². The Balaban J connectivity index is 1.53. The van der Waals surface area contributed by atoms with Gasteiger partial charge in [0.1, 0.15) is 17.5 Å². The molecule has 0 spiro atoms. The Morgan fingerprint density at radius 2 is 1.40 bits per heavy atom. The number of hydrogen-bond acceptors (Lipinski definition) is 6. The fourth-order valence-electron chi connectivity index (χ4n) is 4.44. The number of nitrogens with one attached hydrogen (secondary N) is 2. The maximum absolute atomic E-state index is 13.1. The molecular weight excluding hydrogens is 450 g/mol. The third-order valence-electron chi connectivity index (χ3n) is 6.37. The van der Waals surface area contributed by atoms with E-state index in [1.54, 1.807) is 24.3 Å². The molecule has 1 aliphatic heterocycles. The lowest BCUT2D eigenvalue weighted by atomic mass is 9.85. The molecule has 4 amide bonds. The number of hydrogen-bond donors (Lipinski definition) is 2. The summed E-state index contributed by atoms with van der Waals surface area (Å²) in [6.45, 7) is 1.52. The minimum absolute atomic E-state index is 0.270. The van der Waals surface area contributed by atoms with E-state index in [9.17, 15) is 19.2 Å². The van der Waals surface area contributed by atoms with E-state index in [-0.39, 0.29) is 29.2 Å². The van der Waals surface area contributed by atoms with Gasteiger partial charge in [0.2, 0.25) is 17.7 Å². The molecule has 2 aliphatic rings. The topological polar surface area (TPSA) is 114 Å². The van der Waals surface area contributed by atoms with Crippen LogP contribution in [0.1, 0.15) is 30.1 Å². The van der Waals surface area contributed by atoms with Crippen molar-refractivity contribution < 1.29 is 28.7 Å². The van der Waals surface area contributed by atoms with Crippen LogP contribution in [0.25, 0.3) is 0 Å². The number of carbonyl (C=O) groups excluding carboxylic acids is 4. The third-order valence-corrected chi connectivity index (χ3v) is 6.37. The minimum atomic E-state index is -1.01. The molecule has 2 aromatic carbocycles. The molecule has 182 valence electrons. The Labute approximate surface area is 203 Å². The number of likely N-dealkylation sites (tertiary alicyclic amines) is 1. The number of anilines is 2. The summed E-state index contributed by atoms with van der Waals surface area (Å²) in [5, 5.41) is 5.51. The number of nitrogens with zero attached hydrogens (tertiary/aromatic N) is 1. The van der Waals surface area contributed by atoms with Gasteiger partial charge in [-0.05, 0) is 31.9 Å². The van der Waals surface area contributed by atoms with Crippen LogP contribution < -0.4 is 20.1 Å². The maximum atomic E-state index is 13.1. The number of allylic oxidation sites excluding steroid dienone is 2. The Bertz CT molecular complexity index is 1170. The van der Waals surface area contributed by atoms with Gasteiger partial charge in [0, 0.05) is 17.7 Å². The number of imide groups is 1. The molecule has 2 aromatic rings. The molecule has 0 aromatic heterocycles. The van der Waals surface area contributed by atoms with E-state index in [4.69, 9.17) is 9.47 Å². The summed E-state index contributed by atoms with van der Waals surface area (Å²) in [5.74, 6) is -1.78. The largest absolute Gasteiger partial charge is 0.494 e. The van der Waals surface area contributed by atoms with Gasteiger partial charge in [-0.2, -0.15) is 0 Å². The first-order valence-corrected chi connectivity index (χ1v) is 11.3. The second kappa shape index (κ2) is 10.0. The minimum Gasteiger partial charge on any atom is -0.494 e. The lowest BCUT2D eigenvalue weighted by molar-refractivity contribution is -0.146. The van der Waals surface area contributed by atoms with E-state index in [1.807, 2.05) is 18.2 Å². The number of rotatable bonds is 7. The molecule has 0 radical (unpaired) electrons. The van der Waals surface area contributed by atoms with Crippen molar-refractivity contribution in [1.29, 1.82) is 0 Å². The van der Waals surface area contributed by atoms with Crippen molar-refractivity contribution in [1.82, 2.24) is 4.90 Å². The van der Waals surface area contributed by atoms with E-state index in [0.29, 0.717) is 29.8 Å². The molecule has 1 heterocycles. The van der Waals surface area contributed by atoms with Crippen LogP contribution in [0, 0.1) is 11.8 Å². The van der Waals surface area contributed by atoms with Gasteiger partial charge < -0.3 is 20.1 Å². The lowest BCUT2D eigenvalue weighted by Crippen LogP contribution is -2.46. The molecule has 2 N–H and O–H groups in total. The fraction of sp³-hybridized carbons (Fsp3) is 0.308. The maximum Gasteiger partial charge on any atom is 0.255 e. The standard InChI is InChI=1S/C26H27N3O6/c1-15(29-25(32)17-11-7-8-12-18(17)26(29)33)23(30)27-19-13-22(35-3)20(14-21(19)34-2)28-24(31)16-9-5-4-6-10-16/h4-10,13-15,17-18H,11-12H2,1-3H3,(H,27,30)(H,28,31)/t15-,17+,18+/m0/s1. The molecule has 0 unspecified atom stereocenters. The SMILES string of the molecule is COc1cc(NC(=O)[C@H](C)N2C(=O)[C@@H]3CC=CC[C@H]3C2=O)c(OC)cc1NC(=O)c1ccccc1. The number of carbonyl (C=O) groups is 4. The highest BCUT2D eigenvalue weighted by molar-refractivity contribution is 6.10. The van der Waals surface area contributed by atoms with Crippen molar-refractivity contribution in [3.8, 4) is 11.5 Å². The first-order chi connectivity index (χ1) is 16.8. The third kappa shape index (κ3) is 4.62. The summed E-state index contributed by atoms with van der Waals surface area (Å²) >= 11 is 0. The Kier molecular flexibility index (Phi) is 6.86. The fourth-order valence-corrected chi connectivity index (χ4v) is 4.44. The van der Waals surface area contributed by atoms with Gasteiger partial charge in [0.05, 0.1) is 37.4 Å². The van der Waals surface area contributed by atoms with Crippen molar-refractivity contribution in [2.75, 3.05) is 24.9 Å². The smallest absolute Gasteiger partial charge is 0.255 e. The van der Waals surface area contributed by atoms with Crippen molar-refractivity contribution in [2.45, 2.75) is 25.8 Å². The first kappa shape index (κ1) is 24.0. The predicted molar refractivity (Wildman–Crippen MR) is 129 cm³/mol. The molecule has 35 heavy (non-hydrogen) atoms. The molecule has 0 bridgehead atoms. The van der Waals surface area contributed by atoms with E-state index < -0.39 is 23.8 Å². The van der Waals surface area contributed by atoms with Gasteiger partial charge in [-0.15, -0.1) is 0 Å². The van der Waals surface area contributed by atoms with Crippen molar-refractivity contribution in [3.63, 3.8) is 0 Å². The molecule has 9 nitrogen and oxygen atoms in total. The van der Waals surface area contributed by atoms with E-state index in [0.717, 1.165) is 4.90 Å². The first-order valence-electron chi connectivity index (χ1n) is 11.3. The average Bonchev–Trinajstić information content (AvgIpc) is 3.14. The summed E-state index contributed by atoms with van der Waals surface area (Å²) in [4.78, 5) is 52.4. The number of fused-ring (bicyclic) bond motifs is 1. The summed E-state index contributed by atoms with van der Waals surface area (Å²) in [6.07, 6.45) is 4.80. The number of methoxy groups -OCH3 is 2. The van der Waals surface area contributed by atoms with Crippen LogP contribution in [0.4, 0.5) is 11.4 Å². The van der Waals surface area contributed by atoms with Gasteiger partial charge >= 0.3 is 0 Å². The highest BCUT2D eigenvalue weighted by Crippen LogP contribution is 2.38. The molecule has 3 atom stereocenters. The van der Waals surface area contributed by atoms with E-state index in [2.05, 4.69) is 10.6 Å². The number of ether oxygens (including phenoxy) is 2. The molecule has 0 saturated carbocycles. The molecule has 1 fully saturated rings. The molecule has 1 aliphatic carbocycles. The van der Waals surface area contributed by atoms with Crippen LogP contribution in [-0.4, -0.2) is 48.8 Å². The van der Waals surface area contributed by atoms with Gasteiger partial charge in [0.15, 0.2) is 0 Å². The zero-order chi connectivity index (χ0) is 25.1. The number of amides is 4. The quantitative estimate of drug-likeness (QED) is 0.468. The van der Waals surface area contributed by atoms with Gasteiger partial charge in [-0.25, -0.2) is 0 Å². The molecule has 4 rings (SSSR count). The highest BCUT2D eigenvalue weighted by Gasteiger charge is 2.50. The lowest BCUT2D eigenvalue weighted by Gasteiger charge is -2.23. The monoisotopic (exact) mass is 477 g/mol. The van der Waals surface area contributed by atoms with Crippen molar-refractivity contribution >= 4 is 35.0 Å². The summed E-state index contributed by atoms with van der Waals surface area (Å²) in [6, 6.07) is 10.7. The van der Waals surface area contributed by atoms with Gasteiger partial charge in [-0.3, -0.25) is 24.1 Å². The second-order valence-electron chi connectivity index (χ2n) is 8.44. The summed E-state index contributed by atoms with van der Waals surface area (Å²) in [5.41, 5.74) is 1.10. The second-order valence-corrected chi connectivity index (χ2v) is 8.44. The normalized spacial score (nSPS) is 19.7. The highest BCUT2D eigenvalue weighted by atomic mass is 16.5. The van der Waals surface area contributed by atoms with Crippen LogP contribution in [-0.2, 0) is 14.4 Å². The van der Waals surface area contributed by atoms with E-state index in [1.165, 1.54) is 33.3 Å². The zero-order valence-electron chi connectivity index (χ0n) is 19.7. The van der Waals surface area contributed by atoms with Crippen LogP contribution in [0.3, 0.4) is 0 Å². The number of benzene rings is 2. The van der Waals surface area contributed by atoms with Crippen molar-refractivity contribution in [2.24, 2.45) is 11.8 Å². The Morgan fingerprint density at radius 1 is 0.886 bits per heavy atom. The van der Waals surface area contributed by atoms with Crippen LogP contribution in [0.5, 0.6) is 11.5 Å². The Morgan fingerprint density at radius 3 is 1.91 bits per heavy atom.